The summed E-state index contributed by atoms with van der Waals surface area (Å²) in [6.07, 6.45) is -4.77. The minimum absolute atomic E-state index is 0.446. The summed E-state index contributed by atoms with van der Waals surface area (Å²) in [5.41, 5.74) is 1.26. The van der Waals surface area contributed by atoms with Crippen LogP contribution in [0.25, 0.3) is 0 Å². The molecule has 4 nitrogen and oxygen atoms in total. The minimum Gasteiger partial charge on any atom is -0.481 e. The average Bonchev–Trinajstić information content (AvgIpc) is 2.27. The van der Waals surface area contributed by atoms with Gasteiger partial charge in [-0.05, 0) is 18.2 Å². The smallest absolute Gasteiger partial charge is 0.403 e. The summed E-state index contributed by atoms with van der Waals surface area (Å²) in [5, 5.41) is 11.1. The molecule has 1 unspecified atom stereocenters. The molecule has 0 aromatic heterocycles. The van der Waals surface area contributed by atoms with Crippen molar-refractivity contribution < 1.29 is 23.1 Å². The normalized spacial score (nSPS) is 12.9. The molecule has 0 spiro atoms. The van der Waals surface area contributed by atoms with Crippen molar-refractivity contribution >= 4 is 17.3 Å². The lowest BCUT2D eigenvalue weighted by Crippen LogP contribution is -2.36. The Balaban J connectivity index is 2.75. The van der Waals surface area contributed by atoms with Crippen LogP contribution >= 0.6 is 0 Å². The summed E-state index contributed by atoms with van der Waals surface area (Å²) in [4.78, 5) is 12.4. The number of aliphatic carboxylic acids is 1. The Kier molecular flexibility index (Phi) is 4.63. The SMILES string of the molecule is CN(C)c1cccc(NCC(C(=O)O)C(F)(F)F)c1. The van der Waals surface area contributed by atoms with Crippen LogP contribution in [0, 0.1) is 5.92 Å². The van der Waals surface area contributed by atoms with Crippen molar-refractivity contribution in [1.29, 1.82) is 0 Å². The van der Waals surface area contributed by atoms with Gasteiger partial charge in [-0.2, -0.15) is 13.2 Å². The Hall–Kier alpha value is -1.92. The first kappa shape index (κ1) is 15.1. The number of nitrogens with zero attached hydrogens (tertiary/aromatic N) is 1. The fourth-order valence-electron chi connectivity index (χ4n) is 1.46. The highest BCUT2D eigenvalue weighted by molar-refractivity contribution is 5.72. The molecule has 7 heteroatoms. The van der Waals surface area contributed by atoms with Crippen LogP contribution in [0.1, 0.15) is 0 Å². The van der Waals surface area contributed by atoms with E-state index < -0.39 is 24.6 Å². The van der Waals surface area contributed by atoms with E-state index in [-0.39, 0.29) is 0 Å². The third-order valence-electron chi connectivity index (χ3n) is 2.57. The fourth-order valence-corrected chi connectivity index (χ4v) is 1.46. The van der Waals surface area contributed by atoms with E-state index in [1.54, 1.807) is 43.3 Å². The van der Waals surface area contributed by atoms with Gasteiger partial charge in [0.15, 0.2) is 5.92 Å². The van der Waals surface area contributed by atoms with Crippen molar-refractivity contribution in [3.05, 3.63) is 24.3 Å². The van der Waals surface area contributed by atoms with Gasteiger partial charge in [-0.1, -0.05) is 6.07 Å². The van der Waals surface area contributed by atoms with Crippen LogP contribution in [0.3, 0.4) is 0 Å². The van der Waals surface area contributed by atoms with Gasteiger partial charge in [0.2, 0.25) is 0 Å². The number of nitrogens with one attached hydrogen (secondary N) is 1. The molecule has 1 aromatic rings. The molecule has 0 bridgehead atoms. The van der Waals surface area contributed by atoms with E-state index in [9.17, 15) is 18.0 Å². The molecule has 19 heavy (non-hydrogen) atoms. The topological polar surface area (TPSA) is 52.6 Å². The van der Waals surface area contributed by atoms with Crippen molar-refractivity contribution in [1.82, 2.24) is 0 Å². The molecule has 0 fully saturated rings. The van der Waals surface area contributed by atoms with E-state index in [1.165, 1.54) is 0 Å². The maximum Gasteiger partial charge on any atom is 0.403 e. The molecule has 0 heterocycles. The van der Waals surface area contributed by atoms with Gasteiger partial charge in [0.25, 0.3) is 0 Å². The number of carboxylic acids is 1. The molecule has 0 saturated heterocycles. The highest BCUT2D eigenvalue weighted by atomic mass is 19.4. The number of alkyl halides is 3. The number of hydrogen-bond donors (Lipinski definition) is 2. The van der Waals surface area contributed by atoms with Gasteiger partial charge in [-0.15, -0.1) is 0 Å². The maximum absolute atomic E-state index is 12.5. The fraction of sp³-hybridized carbons (Fsp3) is 0.417. The van der Waals surface area contributed by atoms with Gasteiger partial charge < -0.3 is 15.3 Å². The van der Waals surface area contributed by atoms with Gasteiger partial charge in [0, 0.05) is 32.0 Å². The standard InChI is InChI=1S/C12H15F3N2O2/c1-17(2)9-5-3-4-8(6-9)16-7-10(11(18)19)12(13,14)15/h3-6,10,16H,7H2,1-2H3,(H,18,19). The van der Waals surface area contributed by atoms with Crippen molar-refractivity contribution in [2.45, 2.75) is 6.18 Å². The summed E-state index contributed by atoms with van der Waals surface area (Å²) in [5.74, 6) is -4.31. The zero-order valence-corrected chi connectivity index (χ0v) is 10.5. The van der Waals surface area contributed by atoms with Crippen LogP contribution in [0.15, 0.2) is 24.3 Å². The van der Waals surface area contributed by atoms with Crippen LogP contribution in [-0.4, -0.2) is 37.9 Å². The average molecular weight is 276 g/mol. The molecule has 106 valence electrons. The van der Waals surface area contributed by atoms with Crippen molar-refractivity contribution in [3.63, 3.8) is 0 Å². The molecule has 1 aromatic carbocycles. The molecule has 0 aliphatic carbocycles. The second-order valence-electron chi connectivity index (χ2n) is 4.26. The maximum atomic E-state index is 12.5. The summed E-state index contributed by atoms with van der Waals surface area (Å²) < 4.78 is 37.4. The lowest BCUT2D eigenvalue weighted by molar-refractivity contribution is -0.190. The third kappa shape index (κ3) is 4.35. The molecule has 0 radical (unpaired) electrons. The zero-order chi connectivity index (χ0) is 14.6. The first-order valence-corrected chi connectivity index (χ1v) is 5.52. The monoisotopic (exact) mass is 276 g/mol. The number of benzene rings is 1. The number of rotatable bonds is 5. The highest BCUT2D eigenvalue weighted by Crippen LogP contribution is 2.27. The highest BCUT2D eigenvalue weighted by Gasteiger charge is 2.44. The van der Waals surface area contributed by atoms with Crippen LogP contribution in [0.5, 0.6) is 0 Å². The first-order valence-electron chi connectivity index (χ1n) is 5.52. The van der Waals surface area contributed by atoms with E-state index in [0.29, 0.717) is 5.69 Å². The molecule has 2 N–H and O–H groups in total. The predicted molar refractivity (Wildman–Crippen MR) is 66.4 cm³/mol. The molecule has 0 amide bonds. The molecular weight excluding hydrogens is 261 g/mol. The van der Waals surface area contributed by atoms with E-state index in [0.717, 1.165) is 5.69 Å². The third-order valence-corrected chi connectivity index (χ3v) is 2.57. The number of halogens is 3. The Morgan fingerprint density at radius 3 is 2.53 bits per heavy atom. The first-order chi connectivity index (χ1) is 8.71. The van der Waals surface area contributed by atoms with E-state index in [4.69, 9.17) is 5.11 Å². The molecular formula is C12H15F3N2O2. The number of hydrogen-bond acceptors (Lipinski definition) is 3. The van der Waals surface area contributed by atoms with Gasteiger partial charge in [0.05, 0.1) is 0 Å². The van der Waals surface area contributed by atoms with Crippen molar-refractivity contribution in [2.24, 2.45) is 5.92 Å². The summed E-state index contributed by atoms with van der Waals surface area (Å²) in [7, 11) is 3.60. The lowest BCUT2D eigenvalue weighted by Gasteiger charge is -2.18. The molecule has 0 aliphatic heterocycles. The Labute approximate surface area is 108 Å². The summed E-state index contributed by atoms with van der Waals surface area (Å²) >= 11 is 0. The molecule has 0 aliphatic rings. The van der Waals surface area contributed by atoms with E-state index in [2.05, 4.69) is 5.32 Å². The van der Waals surface area contributed by atoms with Crippen molar-refractivity contribution in [3.8, 4) is 0 Å². The largest absolute Gasteiger partial charge is 0.481 e. The Morgan fingerprint density at radius 2 is 2.05 bits per heavy atom. The number of carbonyl (C=O) groups is 1. The molecule has 0 saturated carbocycles. The van der Waals surface area contributed by atoms with Crippen LogP contribution in [0.4, 0.5) is 24.5 Å². The van der Waals surface area contributed by atoms with Gasteiger partial charge in [-0.3, -0.25) is 4.79 Å². The lowest BCUT2D eigenvalue weighted by atomic mass is 10.1. The number of carboxylic acid groups (broad SMARTS) is 1. The van der Waals surface area contributed by atoms with Crippen LogP contribution in [0.2, 0.25) is 0 Å². The van der Waals surface area contributed by atoms with E-state index in [1.807, 2.05) is 0 Å². The zero-order valence-electron chi connectivity index (χ0n) is 10.5. The summed E-state index contributed by atoms with van der Waals surface area (Å²) in [6, 6.07) is 6.71. The quantitative estimate of drug-likeness (QED) is 0.867. The number of anilines is 2. The van der Waals surface area contributed by atoms with Crippen LogP contribution < -0.4 is 10.2 Å². The summed E-state index contributed by atoms with van der Waals surface area (Å²) in [6.45, 7) is -0.699. The van der Waals surface area contributed by atoms with Gasteiger partial charge in [-0.25, -0.2) is 0 Å². The van der Waals surface area contributed by atoms with E-state index >= 15 is 0 Å². The Bertz CT molecular complexity index is 447. The second-order valence-corrected chi connectivity index (χ2v) is 4.26. The minimum atomic E-state index is -4.77. The second kappa shape index (κ2) is 5.81. The molecule has 1 rings (SSSR count). The Morgan fingerprint density at radius 1 is 1.42 bits per heavy atom. The van der Waals surface area contributed by atoms with Crippen LogP contribution in [-0.2, 0) is 4.79 Å². The van der Waals surface area contributed by atoms with Gasteiger partial charge in [0.1, 0.15) is 0 Å². The van der Waals surface area contributed by atoms with Gasteiger partial charge >= 0.3 is 12.1 Å². The van der Waals surface area contributed by atoms with Crippen molar-refractivity contribution in [2.75, 3.05) is 30.9 Å². The predicted octanol–water partition coefficient (Wildman–Crippen LogP) is 2.43. The molecule has 1 atom stereocenters.